The fourth-order valence-electron chi connectivity index (χ4n) is 2.82. The number of anilines is 1. The second-order valence-corrected chi connectivity index (χ2v) is 5.73. The molecule has 0 atom stereocenters. The number of benzene rings is 2. The van der Waals surface area contributed by atoms with Gasteiger partial charge in [-0.1, -0.05) is 42.5 Å². The average molecular weight is 329 g/mol. The lowest BCUT2D eigenvalue weighted by atomic mass is 10.0. The van der Waals surface area contributed by atoms with Crippen LogP contribution in [0.15, 0.2) is 60.9 Å². The number of nitrogens with zero attached hydrogens (tertiary/aromatic N) is 4. The third-order valence-electron chi connectivity index (χ3n) is 4.13. The summed E-state index contributed by atoms with van der Waals surface area (Å²) in [6.45, 7) is 0. The van der Waals surface area contributed by atoms with Crippen molar-refractivity contribution in [2.45, 2.75) is 0 Å². The smallest absolute Gasteiger partial charge is 0.219 e. The van der Waals surface area contributed by atoms with Crippen molar-refractivity contribution >= 4 is 22.6 Å². The van der Waals surface area contributed by atoms with Gasteiger partial charge < -0.3 is 5.73 Å². The molecule has 0 saturated carbocycles. The molecule has 6 nitrogen and oxygen atoms in total. The molecule has 0 aliphatic carbocycles. The van der Waals surface area contributed by atoms with E-state index in [1.165, 1.54) is 0 Å². The Hall–Kier alpha value is -3.54. The van der Waals surface area contributed by atoms with Gasteiger partial charge in [0.05, 0.1) is 5.52 Å². The molecule has 0 aliphatic rings. The summed E-state index contributed by atoms with van der Waals surface area (Å²) in [5.74, 6) is 0.134. The van der Waals surface area contributed by atoms with Gasteiger partial charge in [-0.3, -0.25) is 9.48 Å². The van der Waals surface area contributed by atoms with Crippen molar-refractivity contribution in [3.05, 3.63) is 72.2 Å². The number of hydrogen-bond acceptors (Lipinski definition) is 5. The number of nitrogen functional groups attached to an aromatic ring is 1. The number of nitrogens with two attached hydrogens (primary N) is 1. The molecule has 0 fully saturated rings. The van der Waals surface area contributed by atoms with Crippen LogP contribution in [0.4, 0.5) is 5.95 Å². The highest BCUT2D eigenvalue weighted by Crippen LogP contribution is 2.23. The number of hydrogen-bond donors (Lipinski definition) is 1. The lowest BCUT2D eigenvalue weighted by Gasteiger charge is -2.03. The number of aryl methyl sites for hydroxylation is 1. The zero-order valence-electron chi connectivity index (χ0n) is 13.5. The molecule has 0 saturated heterocycles. The molecule has 4 aromatic rings. The first-order valence-corrected chi connectivity index (χ1v) is 7.78. The van der Waals surface area contributed by atoms with Crippen LogP contribution >= 0.6 is 0 Å². The van der Waals surface area contributed by atoms with Gasteiger partial charge in [-0.15, -0.1) is 0 Å². The van der Waals surface area contributed by atoms with Crippen LogP contribution in [0.2, 0.25) is 0 Å². The molecular formula is C19H15N5O. The Morgan fingerprint density at radius 1 is 0.960 bits per heavy atom. The minimum atomic E-state index is -0.100. The molecule has 4 rings (SSSR count). The van der Waals surface area contributed by atoms with Gasteiger partial charge in [0, 0.05) is 36.0 Å². The maximum absolute atomic E-state index is 12.8. The van der Waals surface area contributed by atoms with Gasteiger partial charge >= 0.3 is 0 Å². The van der Waals surface area contributed by atoms with E-state index in [0.29, 0.717) is 11.3 Å². The Morgan fingerprint density at radius 2 is 1.64 bits per heavy atom. The van der Waals surface area contributed by atoms with E-state index in [4.69, 9.17) is 5.73 Å². The Morgan fingerprint density at radius 3 is 2.36 bits per heavy atom. The first kappa shape index (κ1) is 15.0. The van der Waals surface area contributed by atoms with E-state index in [1.807, 2.05) is 43.4 Å². The second-order valence-electron chi connectivity index (χ2n) is 5.73. The van der Waals surface area contributed by atoms with Crippen molar-refractivity contribution in [2.75, 3.05) is 5.73 Å². The Kier molecular flexibility index (Phi) is 3.50. The van der Waals surface area contributed by atoms with Gasteiger partial charge in [0.1, 0.15) is 5.69 Å². The van der Waals surface area contributed by atoms with E-state index in [-0.39, 0.29) is 11.7 Å². The number of aromatic nitrogens is 4. The summed E-state index contributed by atoms with van der Waals surface area (Å²) in [5, 5.41) is 5.24. The van der Waals surface area contributed by atoms with Gasteiger partial charge in [0.2, 0.25) is 11.7 Å². The first-order chi connectivity index (χ1) is 12.1. The maximum atomic E-state index is 12.8. The zero-order valence-corrected chi connectivity index (χ0v) is 13.5. The van der Waals surface area contributed by atoms with Gasteiger partial charge in [-0.05, 0) is 11.6 Å². The van der Waals surface area contributed by atoms with Crippen molar-refractivity contribution in [3.8, 4) is 11.1 Å². The van der Waals surface area contributed by atoms with Crippen LogP contribution in [0.1, 0.15) is 16.1 Å². The van der Waals surface area contributed by atoms with E-state index in [2.05, 4.69) is 15.1 Å². The molecule has 0 unspecified atom stereocenters. The lowest BCUT2D eigenvalue weighted by Crippen LogP contribution is -2.03. The van der Waals surface area contributed by atoms with Gasteiger partial charge in [-0.25, -0.2) is 9.97 Å². The predicted octanol–water partition coefficient (Wildman–Crippen LogP) is 2.84. The van der Waals surface area contributed by atoms with Gasteiger partial charge in [-0.2, -0.15) is 5.10 Å². The molecule has 25 heavy (non-hydrogen) atoms. The van der Waals surface area contributed by atoms with Crippen LogP contribution in [0.5, 0.6) is 0 Å². The Bertz CT molecular complexity index is 1070. The molecule has 6 heteroatoms. The SMILES string of the molecule is Cn1nc(C(=O)c2ccc(-c3cnc(N)nc3)cc2)c2ccccc21. The summed E-state index contributed by atoms with van der Waals surface area (Å²) in [6.07, 6.45) is 3.32. The largest absolute Gasteiger partial charge is 0.368 e. The summed E-state index contributed by atoms with van der Waals surface area (Å²) in [4.78, 5) is 20.8. The normalized spacial score (nSPS) is 10.9. The average Bonchev–Trinajstić information content (AvgIpc) is 2.99. The number of rotatable bonds is 3. The van der Waals surface area contributed by atoms with Crippen molar-refractivity contribution in [1.82, 2.24) is 19.7 Å². The second kappa shape index (κ2) is 5.83. The van der Waals surface area contributed by atoms with E-state index in [0.717, 1.165) is 22.0 Å². The van der Waals surface area contributed by atoms with Crippen molar-refractivity contribution in [2.24, 2.45) is 7.05 Å². The summed E-state index contributed by atoms with van der Waals surface area (Å²) in [5.41, 5.74) is 9.25. The number of carbonyl (C=O) groups excluding carboxylic acids is 1. The number of carbonyl (C=O) groups is 1. The fraction of sp³-hybridized carbons (Fsp3) is 0.0526. The standard InChI is InChI=1S/C19H15N5O/c1-24-16-5-3-2-4-15(16)17(23-24)18(25)13-8-6-12(7-9-13)14-10-21-19(20)22-11-14/h2-11H,1H3,(H2,20,21,22). The Labute approximate surface area is 144 Å². The fourth-order valence-corrected chi connectivity index (χ4v) is 2.82. The number of para-hydroxylation sites is 1. The van der Waals surface area contributed by atoms with Crippen LogP contribution < -0.4 is 5.73 Å². The predicted molar refractivity (Wildman–Crippen MR) is 96.0 cm³/mol. The van der Waals surface area contributed by atoms with Crippen molar-refractivity contribution < 1.29 is 4.79 Å². The van der Waals surface area contributed by atoms with Gasteiger partial charge in [0.15, 0.2) is 0 Å². The summed E-state index contributed by atoms with van der Waals surface area (Å²) < 4.78 is 1.72. The minimum Gasteiger partial charge on any atom is -0.368 e. The molecule has 122 valence electrons. The first-order valence-electron chi connectivity index (χ1n) is 7.78. The molecular weight excluding hydrogens is 314 g/mol. The highest BCUT2D eigenvalue weighted by Gasteiger charge is 2.17. The number of fused-ring (bicyclic) bond motifs is 1. The summed E-state index contributed by atoms with van der Waals surface area (Å²) in [6, 6.07) is 15.0. The highest BCUT2D eigenvalue weighted by atomic mass is 16.1. The topological polar surface area (TPSA) is 86.7 Å². The molecule has 0 spiro atoms. The maximum Gasteiger partial charge on any atom is 0.219 e. The van der Waals surface area contributed by atoms with E-state index in [1.54, 1.807) is 29.2 Å². The van der Waals surface area contributed by atoms with E-state index >= 15 is 0 Å². The monoisotopic (exact) mass is 329 g/mol. The minimum absolute atomic E-state index is 0.100. The molecule has 2 aromatic heterocycles. The number of ketones is 1. The molecule has 2 heterocycles. The third kappa shape index (κ3) is 2.63. The van der Waals surface area contributed by atoms with Crippen LogP contribution in [-0.4, -0.2) is 25.5 Å². The van der Waals surface area contributed by atoms with Gasteiger partial charge in [0.25, 0.3) is 0 Å². The summed E-state index contributed by atoms with van der Waals surface area (Å²) >= 11 is 0. The van der Waals surface area contributed by atoms with E-state index in [9.17, 15) is 4.79 Å². The molecule has 2 aromatic carbocycles. The van der Waals surface area contributed by atoms with Crippen molar-refractivity contribution in [1.29, 1.82) is 0 Å². The lowest BCUT2D eigenvalue weighted by molar-refractivity contribution is 0.103. The highest BCUT2D eigenvalue weighted by molar-refractivity contribution is 6.14. The van der Waals surface area contributed by atoms with Crippen LogP contribution in [0, 0.1) is 0 Å². The molecule has 2 N–H and O–H groups in total. The Balaban J connectivity index is 1.69. The zero-order chi connectivity index (χ0) is 17.4. The molecule has 0 amide bonds. The van der Waals surface area contributed by atoms with Crippen LogP contribution in [0.3, 0.4) is 0 Å². The van der Waals surface area contributed by atoms with Crippen LogP contribution in [-0.2, 0) is 7.05 Å². The molecule has 0 aliphatic heterocycles. The van der Waals surface area contributed by atoms with Crippen LogP contribution in [0.25, 0.3) is 22.0 Å². The third-order valence-corrected chi connectivity index (χ3v) is 4.13. The molecule has 0 radical (unpaired) electrons. The van der Waals surface area contributed by atoms with E-state index < -0.39 is 0 Å². The van der Waals surface area contributed by atoms with Crippen molar-refractivity contribution in [3.63, 3.8) is 0 Å². The quantitative estimate of drug-likeness (QED) is 0.584. The molecule has 0 bridgehead atoms. The summed E-state index contributed by atoms with van der Waals surface area (Å²) in [7, 11) is 1.84.